The minimum Gasteiger partial charge on any atom is -0.373 e. The Morgan fingerprint density at radius 2 is 2.35 bits per heavy atom. The number of ether oxygens (including phenoxy) is 1. The number of fused-ring (bicyclic) bond motifs is 1. The normalized spacial score (nSPS) is 19.6. The molecule has 1 aromatic heterocycles. The number of benzene rings is 1. The average molecular weight is 289 g/mol. The highest BCUT2D eigenvalue weighted by molar-refractivity contribution is 6.99. The van der Waals surface area contributed by atoms with Gasteiger partial charge in [-0.3, -0.25) is 0 Å². The third kappa shape index (κ3) is 2.90. The summed E-state index contributed by atoms with van der Waals surface area (Å²) in [6.07, 6.45) is 3.91. The predicted molar refractivity (Wildman–Crippen MR) is 79.8 cm³/mol. The molecule has 0 aliphatic carbocycles. The Morgan fingerprint density at radius 3 is 3.15 bits per heavy atom. The molecule has 106 valence electrons. The molecule has 2 unspecified atom stereocenters. The second-order valence-corrected chi connectivity index (χ2v) is 5.54. The summed E-state index contributed by atoms with van der Waals surface area (Å²) in [5, 5.41) is 3.49. The van der Waals surface area contributed by atoms with Gasteiger partial charge in [-0.05, 0) is 30.5 Å². The summed E-state index contributed by atoms with van der Waals surface area (Å²) in [5.41, 5.74) is 3.75. The molecule has 2 heterocycles. The van der Waals surface area contributed by atoms with Gasteiger partial charge in [-0.15, -0.1) is 0 Å². The zero-order valence-electron chi connectivity index (χ0n) is 11.6. The minimum atomic E-state index is 0.144. The van der Waals surface area contributed by atoms with Crippen molar-refractivity contribution in [3.63, 3.8) is 0 Å². The second kappa shape index (κ2) is 6.43. The van der Waals surface area contributed by atoms with Crippen LogP contribution in [0.15, 0.2) is 30.5 Å². The van der Waals surface area contributed by atoms with Gasteiger partial charge in [-0.2, -0.15) is 8.75 Å². The van der Waals surface area contributed by atoms with E-state index in [9.17, 15) is 0 Å². The molecule has 3 rings (SSSR count). The van der Waals surface area contributed by atoms with Gasteiger partial charge in [0.25, 0.3) is 0 Å². The van der Waals surface area contributed by atoms with E-state index < -0.39 is 0 Å². The summed E-state index contributed by atoms with van der Waals surface area (Å²) in [5.74, 6) is 0. The van der Waals surface area contributed by atoms with E-state index in [1.807, 2.05) is 6.20 Å². The van der Waals surface area contributed by atoms with Crippen LogP contribution in [0.5, 0.6) is 0 Å². The van der Waals surface area contributed by atoms with Gasteiger partial charge in [0.1, 0.15) is 0 Å². The standard InChI is InChI=1S/C15H19N3OS/c1-2-16-13(14-10-17-20-18-14)9-15-12-6-4-3-5-11(12)7-8-19-15/h3-6,10,13,15-16H,2,7-9H2,1H3. The first-order valence-corrected chi connectivity index (χ1v) is 7.81. The molecule has 0 radical (unpaired) electrons. The van der Waals surface area contributed by atoms with Gasteiger partial charge in [-0.1, -0.05) is 31.2 Å². The van der Waals surface area contributed by atoms with Crippen LogP contribution in [0.4, 0.5) is 0 Å². The molecule has 20 heavy (non-hydrogen) atoms. The topological polar surface area (TPSA) is 47.0 Å². The molecule has 0 saturated heterocycles. The summed E-state index contributed by atoms with van der Waals surface area (Å²) in [6, 6.07) is 8.79. The van der Waals surface area contributed by atoms with Crippen molar-refractivity contribution in [2.24, 2.45) is 0 Å². The minimum absolute atomic E-state index is 0.144. The van der Waals surface area contributed by atoms with Crippen LogP contribution < -0.4 is 5.32 Å². The fourth-order valence-corrected chi connectivity index (χ4v) is 3.24. The lowest BCUT2D eigenvalue weighted by molar-refractivity contribution is 0.0292. The predicted octanol–water partition coefficient (Wildman–Crippen LogP) is 2.89. The van der Waals surface area contributed by atoms with E-state index in [2.05, 4.69) is 45.3 Å². The Hall–Kier alpha value is -1.30. The van der Waals surface area contributed by atoms with Crippen molar-refractivity contribution in [3.8, 4) is 0 Å². The van der Waals surface area contributed by atoms with Gasteiger partial charge in [0.2, 0.25) is 0 Å². The van der Waals surface area contributed by atoms with Gasteiger partial charge in [0.15, 0.2) is 0 Å². The molecule has 2 atom stereocenters. The van der Waals surface area contributed by atoms with E-state index in [0.717, 1.165) is 31.7 Å². The van der Waals surface area contributed by atoms with E-state index in [0.29, 0.717) is 0 Å². The van der Waals surface area contributed by atoms with E-state index in [4.69, 9.17) is 4.74 Å². The summed E-state index contributed by atoms with van der Waals surface area (Å²) in [7, 11) is 0. The van der Waals surface area contributed by atoms with Crippen molar-refractivity contribution in [2.75, 3.05) is 13.2 Å². The molecule has 4 nitrogen and oxygen atoms in total. The number of rotatable bonds is 5. The number of hydrogen-bond acceptors (Lipinski definition) is 5. The molecule has 1 N–H and O–H groups in total. The lowest BCUT2D eigenvalue weighted by Crippen LogP contribution is -2.26. The maximum atomic E-state index is 5.99. The highest BCUT2D eigenvalue weighted by Gasteiger charge is 2.25. The van der Waals surface area contributed by atoms with Crippen LogP contribution >= 0.6 is 11.7 Å². The summed E-state index contributed by atoms with van der Waals surface area (Å²) >= 11 is 1.26. The zero-order chi connectivity index (χ0) is 13.8. The second-order valence-electron chi connectivity index (χ2n) is 4.99. The Kier molecular flexibility index (Phi) is 4.40. The molecule has 1 aromatic carbocycles. The monoisotopic (exact) mass is 289 g/mol. The van der Waals surface area contributed by atoms with Gasteiger partial charge >= 0.3 is 0 Å². The maximum absolute atomic E-state index is 5.99. The Morgan fingerprint density at radius 1 is 1.45 bits per heavy atom. The lowest BCUT2D eigenvalue weighted by Gasteiger charge is -2.29. The van der Waals surface area contributed by atoms with Gasteiger partial charge in [0, 0.05) is 0 Å². The van der Waals surface area contributed by atoms with Crippen LogP contribution in [-0.2, 0) is 11.2 Å². The first kappa shape index (κ1) is 13.7. The van der Waals surface area contributed by atoms with E-state index >= 15 is 0 Å². The van der Waals surface area contributed by atoms with Gasteiger partial charge in [-0.25, -0.2) is 0 Å². The molecule has 0 spiro atoms. The van der Waals surface area contributed by atoms with Crippen molar-refractivity contribution in [1.29, 1.82) is 0 Å². The van der Waals surface area contributed by atoms with Gasteiger partial charge in [0.05, 0.1) is 42.4 Å². The molecule has 0 bridgehead atoms. The van der Waals surface area contributed by atoms with E-state index in [1.54, 1.807) is 0 Å². The fourth-order valence-electron chi connectivity index (χ4n) is 2.77. The maximum Gasteiger partial charge on any atom is 0.0913 e. The van der Waals surface area contributed by atoms with Crippen LogP contribution in [0, 0.1) is 0 Å². The molecule has 5 heteroatoms. The highest BCUT2D eigenvalue weighted by atomic mass is 32.1. The molecule has 2 aromatic rings. The smallest absolute Gasteiger partial charge is 0.0913 e. The van der Waals surface area contributed by atoms with Crippen molar-refractivity contribution >= 4 is 11.7 Å². The molecule has 1 aliphatic rings. The van der Waals surface area contributed by atoms with Crippen LogP contribution in [0.25, 0.3) is 0 Å². The molecule has 0 amide bonds. The van der Waals surface area contributed by atoms with Gasteiger partial charge < -0.3 is 10.1 Å². The number of hydrogen-bond donors (Lipinski definition) is 1. The quantitative estimate of drug-likeness (QED) is 0.919. The largest absolute Gasteiger partial charge is 0.373 e. The molecule has 1 aliphatic heterocycles. The van der Waals surface area contributed by atoms with Crippen LogP contribution in [0.3, 0.4) is 0 Å². The van der Waals surface area contributed by atoms with Crippen LogP contribution in [0.1, 0.15) is 42.3 Å². The fraction of sp³-hybridized carbons (Fsp3) is 0.467. The summed E-state index contributed by atoms with van der Waals surface area (Å²) in [6.45, 7) is 3.83. The van der Waals surface area contributed by atoms with E-state index in [1.165, 1.54) is 22.9 Å². The van der Waals surface area contributed by atoms with Crippen LogP contribution in [-0.4, -0.2) is 21.9 Å². The first-order valence-electron chi connectivity index (χ1n) is 7.08. The number of nitrogens with one attached hydrogen (secondary N) is 1. The Balaban J connectivity index is 1.79. The van der Waals surface area contributed by atoms with Crippen LogP contribution in [0.2, 0.25) is 0 Å². The summed E-state index contributed by atoms with van der Waals surface area (Å²) in [4.78, 5) is 0. The summed E-state index contributed by atoms with van der Waals surface area (Å²) < 4.78 is 14.5. The lowest BCUT2D eigenvalue weighted by atomic mass is 9.93. The SMILES string of the molecule is CCNC(CC1OCCc2ccccc21)c1cnsn1. The zero-order valence-corrected chi connectivity index (χ0v) is 12.4. The molecule has 0 fully saturated rings. The van der Waals surface area contributed by atoms with Crippen molar-refractivity contribution < 1.29 is 4.74 Å². The Bertz CT molecular complexity index is 544. The third-order valence-corrected chi connectivity index (χ3v) is 4.22. The first-order chi connectivity index (χ1) is 9.88. The molecule has 0 saturated carbocycles. The van der Waals surface area contributed by atoms with Crippen molar-refractivity contribution in [1.82, 2.24) is 14.1 Å². The van der Waals surface area contributed by atoms with Crippen molar-refractivity contribution in [3.05, 3.63) is 47.3 Å². The number of nitrogens with zero attached hydrogens (tertiary/aromatic N) is 2. The van der Waals surface area contributed by atoms with Crippen molar-refractivity contribution in [2.45, 2.75) is 31.9 Å². The number of aromatic nitrogens is 2. The Labute approximate surface area is 123 Å². The molecular weight excluding hydrogens is 270 g/mol. The average Bonchev–Trinajstić information content (AvgIpc) is 3.01. The molecular formula is C15H19N3OS. The third-order valence-electron chi connectivity index (χ3n) is 3.73. The highest BCUT2D eigenvalue weighted by Crippen LogP contribution is 2.33. The van der Waals surface area contributed by atoms with E-state index in [-0.39, 0.29) is 12.1 Å².